The summed E-state index contributed by atoms with van der Waals surface area (Å²) in [5.74, 6) is 0.561. The van der Waals surface area contributed by atoms with Crippen LogP contribution in [0.2, 0.25) is 0 Å². The predicted octanol–water partition coefficient (Wildman–Crippen LogP) is 5.93. The normalized spacial score (nSPS) is 11.7. The molecule has 4 nitrogen and oxygen atoms in total. The third kappa shape index (κ3) is 3.20. The van der Waals surface area contributed by atoms with Crippen LogP contribution in [-0.4, -0.2) is 15.5 Å². The lowest BCUT2D eigenvalue weighted by molar-refractivity contribution is 0.415. The predicted molar refractivity (Wildman–Crippen MR) is 130 cm³/mol. The summed E-state index contributed by atoms with van der Waals surface area (Å²) in [4.78, 5) is 14.2. The van der Waals surface area contributed by atoms with E-state index in [0.717, 1.165) is 9.40 Å². The van der Waals surface area contributed by atoms with Gasteiger partial charge >= 0.3 is 0 Å². The van der Waals surface area contributed by atoms with Crippen LogP contribution in [-0.2, 0) is 9.84 Å². The molecule has 0 saturated heterocycles. The average molecular weight is 460 g/mol. The molecule has 0 amide bonds. The standard InChI is InChI=1S/C26H19O4S2/c1-30-18-15-16-25(32(28,29)19-9-3-2-4-10-19)24(17-18)31-22-13-7-5-11-20(22)26(27)21-12-6-8-14-23(21)31/h2-17H,1H3/q+1. The van der Waals surface area contributed by atoms with Crippen molar-refractivity contribution in [1.82, 2.24) is 0 Å². The Morgan fingerprint density at radius 3 is 1.88 bits per heavy atom. The molecule has 0 saturated carbocycles. The molecule has 0 bridgehead atoms. The maximum atomic E-state index is 13.7. The summed E-state index contributed by atoms with van der Waals surface area (Å²) >= 11 is 0. The zero-order chi connectivity index (χ0) is 22.3. The smallest absolute Gasteiger partial charge is 0.211 e. The first kappa shape index (κ1) is 20.4. The van der Waals surface area contributed by atoms with Crippen molar-refractivity contribution in [2.24, 2.45) is 0 Å². The molecule has 0 aliphatic heterocycles. The van der Waals surface area contributed by atoms with Gasteiger partial charge in [-0.05, 0) is 48.5 Å². The Kier molecular flexibility index (Phi) is 5.04. The molecule has 4 aromatic carbocycles. The fourth-order valence-electron chi connectivity index (χ4n) is 3.89. The van der Waals surface area contributed by atoms with Crippen LogP contribution < -0.4 is 10.2 Å². The number of hydrogen-bond acceptors (Lipinski definition) is 4. The second-order valence-corrected chi connectivity index (χ2v) is 11.1. The number of hydrogen-bond donors (Lipinski definition) is 0. The van der Waals surface area contributed by atoms with E-state index < -0.39 is 20.3 Å². The minimum atomic E-state index is -3.80. The lowest BCUT2D eigenvalue weighted by Crippen LogP contribution is -2.05. The Morgan fingerprint density at radius 1 is 0.719 bits per heavy atom. The highest BCUT2D eigenvalue weighted by Crippen LogP contribution is 2.47. The number of rotatable bonds is 4. The van der Waals surface area contributed by atoms with E-state index in [0.29, 0.717) is 21.4 Å². The van der Waals surface area contributed by atoms with Gasteiger partial charge in [-0.15, -0.1) is 0 Å². The monoisotopic (exact) mass is 459 g/mol. The molecule has 0 spiro atoms. The fourth-order valence-corrected chi connectivity index (χ4v) is 8.21. The van der Waals surface area contributed by atoms with E-state index in [9.17, 15) is 13.2 Å². The SMILES string of the molecule is COc1ccc(S(=O)(=O)c2ccccc2)c(-[s+]2c3ccccc3c(=O)c3ccccc32)c1. The molecule has 0 atom stereocenters. The molecule has 32 heavy (non-hydrogen) atoms. The maximum absolute atomic E-state index is 13.7. The summed E-state index contributed by atoms with van der Waals surface area (Å²) in [7, 11) is -3.04. The van der Waals surface area contributed by atoms with Gasteiger partial charge in [-0.25, -0.2) is 8.42 Å². The van der Waals surface area contributed by atoms with Crippen LogP contribution in [0.5, 0.6) is 5.75 Å². The highest BCUT2D eigenvalue weighted by molar-refractivity contribution is 7.92. The number of ether oxygens (including phenoxy) is 1. The number of fused-ring (bicyclic) bond motifs is 2. The number of benzene rings is 4. The maximum Gasteiger partial charge on any atom is 0.211 e. The molecular formula is C26H19O4S2+. The van der Waals surface area contributed by atoms with Gasteiger partial charge in [0.05, 0.1) is 22.8 Å². The van der Waals surface area contributed by atoms with Crippen LogP contribution in [0.3, 0.4) is 0 Å². The van der Waals surface area contributed by atoms with Crippen LogP contribution in [0.15, 0.2) is 112 Å². The van der Waals surface area contributed by atoms with Gasteiger partial charge in [-0.3, -0.25) is 4.79 Å². The van der Waals surface area contributed by atoms with Crippen LogP contribution in [0, 0.1) is 0 Å². The molecule has 0 fully saturated rings. The molecule has 0 radical (unpaired) electrons. The Labute approximate surface area is 188 Å². The van der Waals surface area contributed by atoms with E-state index in [2.05, 4.69) is 0 Å². The van der Waals surface area contributed by atoms with Gasteiger partial charge in [0.15, 0.2) is 9.40 Å². The first-order valence-electron chi connectivity index (χ1n) is 9.97. The van der Waals surface area contributed by atoms with E-state index in [1.807, 2.05) is 36.4 Å². The minimum absolute atomic E-state index is 0.0460. The Hall–Kier alpha value is -3.48. The molecule has 158 valence electrons. The Bertz CT molecular complexity index is 1580. The van der Waals surface area contributed by atoms with Gasteiger partial charge in [0.1, 0.15) is 10.6 Å². The van der Waals surface area contributed by atoms with E-state index in [-0.39, 0.29) is 15.2 Å². The molecule has 0 N–H and O–H groups in total. The number of sulfone groups is 1. The molecular weight excluding hydrogens is 440 g/mol. The van der Waals surface area contributed by atoms with E-state index >= 15 is 0 Å². The van der Waals surface area contributed by atoms with Gasteiger partial charge in [-0.2, -0.15) is 0 Å². The lowest BCUT2D eigenvalue weighted by atomic mass is 10.2. The summed E-state index contributed by atoms with van der Waals surface area (Å²) in [6.07, 6.45) is 0. The second kappa shape index (κ2) is 7.89. The van der Waals surface area contributed by atoms with Gasteiger partial charge in [0, 0.05) is 16.5 Å². The lowest BCUT2D eigenvalue weighted by Gasteiger charge is -2.10. The van der Waals surface area contributed by atoms with Crippen molar-refractivity contribution in [1.29, 1.82) is 0 Å². The third-order valence-corrected chi connectivity index (χ3v) is 9.74. The van der Waals surface area contributed by atoms with Crippen molar-refractivity contribution in [3.05, 3.63) is 107 Å². The van der Waals surface area contributed by atoms with Crippen molar-refractivity contribution < 1.29 is 13.2 Å². The second-order valence-electron chi connectivity index (χ2n) is 7.26. The van der Waals surface area contributed by atoms with Crippen LogP contribution in [0.1, 0.15) is 0 Å². The van der Waals surface area contributed by atoms with E-state index in [1.165, 1.54) is 0 Å². The molecule has 0 aliphatic carbocycles. The Balaban J connectivity index is 1.97. The largest absolute Gasteiger partial charge is 0.497 e. The van der Waals surface area contributed by atoms with Crippen LogP contribution in [0.4, 0.5) is 0 Å². The molecule has 0 aliphatic rings. The topological polar surface area (TPSA) is 60.4 Å². The summed E-state index contributed by atoms with van der Waals surface area (Å²) in [6.45, 7) is 0. The van der Waals surface area contributed by atoms with E-state index in [1.54, 1.807) is 67.8 Å². The fraction of sp³-hybridized carbons (Fsp3) is 0.0385. The van der Waals surface area contributed by atoms with Gasteiger partial charge in [-0.1, -0.05) is 42.5 Å². The molecule has 6 heteroatoms. The number of methoxy groups -OCH3 is 1. The third-order valence-electron chi connectivity index (χ3n) is 5.42. The zero-order valence-corrected chi connectivity index (χ0v) is 18.8. The minimum Gasteiger partial charge on any atom is -0.497 e. The average Bonchev–Trinajstić information content (AvgIpc) is 2.84. The quantitative estimate of drug-likeness (QED) is 0.247. The van der Waals surface area contributed by atoms with Crippen molar-refractivity contribution in [2.75, 3.05) is 7.11 Å². The molecule has 1 aromatic heterocycles. The van der Waals surface area contributed by atoms with Crippen molar-refractivity contribution in [3.63, 3.8) is 0 Å². The van der Waals surface area contributed by atoms with Crippen LogP contribution >= 0.6 is 10.5 Å². The summed E-state index contributed by atoms with van der Waals surface area (Å²) < 4.78 is 34.5. The van der Waals surface area contributed by atoms with Crippen molar-refractivity contribution in [2.45, 2.75) is 9.79 Å². The first-order chi connectivity index (χ1) is 15.5. The molecule has 5 aromatic rings. The van der Waals surface area contributed by atoms with Gasteiger partial charge < -0.3 is 4.74 Å². The summed E-state index contributed by atoms with van der Waals surface area (Å²) in [6, 6.07) is 28.3. The van der Waals surface area contributed by atoms with Gasteiger partial charge in [0.25, 0.3) is 0 Å². The van der Waals surface area contributed by atoms with E-state index in [4.69, 9.17) is 4.74 Å². The summed E-state index contributed by atoms with van der Waals surface area (Å²) in [5.41, 5.74) is -0.0460. The zero-order valence-electron chi connectivity index (χ0n) is 17.2. The van der Waals surface area contributed by atoms with Crippen molar-refractivity contribution in [3.8, 4) is 10.6 Å². The van der Waals surface area contributed by atoms with Crippen LogP contribution in [0.25, 0.3) is 25.1 Å². The molecule has 5 rings (SSSR count). The summed E-state index contributed by atoms with van der Waals surface area (Å²) in [5, 5.41) is 1.20. The van der Waals surface area contributed by atoms with Gasteiger partial charge in [0.2, 0.25) is 20.2 Å². The highest BCUT2D eigenvalue weighted by Gasteiger charge is 2.31. The molecule has 0 unspecified atom stereocenters. The first-order valence-corrected chi connectivity index (χ1v) is 12.7. The molecule has 1 heterocycles. The van der Waals surface area contributed by atoms with Crippen molar-refractivity contribution >= 4 is 40.5 Å². The Morgan fingerprint density at radius 2 is 1.28 bits per heavy atom. The highest BCUT2D eigenvalue weighted by atomic mass is 32.2.